The number of esters is 2. The van der Waals surface area contributed by atoms with E-state index in [0.717, 1.165) is 73.4 Å². The van der Waals surface area contributed by atoms with Crippen LogP contribution in [0.15, 0.2) is 97.1 Å². The van der Waals surface area contributed by atoms with Crippen LogP contribution in [-0.4, -0.2) is 111 Å². The molecule has 2 unspecified atom stereocenters. The third kappa shape index (κ3) is 31.7. The zero-order valence-corrected chi connectivity index (χ0v) is 46.1. The van der Waals surface area contributed by atoms with Gasteiger partial charge in [-0.05, 0) is 157 Å². The molecule has 71 heavy (non-hydrogen) atoms. The van der Waals surface area contributed by atoms with Crippen LogP contribution >= 0.6 is 23.2 Å². The Kier molecular flexibility index (Phi) is 34.2. The third-order valence-corrected chi connectivity index (χ3v) is 9.29. The van der Waals surface area contributed by atoms with Gasteiger partial charge in [-0.15, -0.1) is 0 Å². The standard InChI is InChI=1S/C22H27ClN2O3.C12H10ClNO.C10H19NO3.C4H6O3.C2H3O.BO.Na.H2O/c1-22(2,3)28-21(26)25-13-12-16(15-25)14-24-18-6-10-20(11-7-18)27-19-8-4-17(23)5-9-19;13-9-1-5-11(6-2-9)15-12-7-3-10(14)4-8-12;1-10(2,3)14-9(12)11-6-5-8(7-11)13-4;1-3(5)7-4(2)6;1-2-3;1-2;;/h4-11,16,24H,12-15H2,1-3H3;1-8H,14H2;8H,5-7H2,1-4H3;1-2H3;1H3;;;1H2/q;;;;-1;;+1;. The summed E-state index contributed by atoms with van der Waals surface area (Å²) in [5, 5.41) is 4.82. The predicted octanol–water partition coefficient (Wildman–Crippen LogP) is 7.05. The Balaban J connectivity index is 0. The van der Waals surface area contributed by atoms with E-state index in [1.807, 2.05) is 102 Å². The van der Waals surface area contributed by atoms with Crippen molar-refractivity contribution in [3.05, 3.63) is 107 Å². The SMILES string of the molecule is CC(=O)OC(C)=O.CC(C)(C)OC(=O)N1CCC(CNc2ccc(Oc3ccc(Cl)cc3)cc2)C1.COC1CCN(C(=O)OC(C)(C)C)C1.C[C-]=O.Nc1ccc(Oc2ccc(Cl)cc2)cc1.O.[B]=O.[Na+]. The van der Waals surface area contributed by atoms with Crippen LogP contribution in [-0.2, 0) is 38.0 Å². The quantitative estimate of drug-likeness (QED) is 0.0450. The number of hydrogen-bond acceptors (Lipinski definition) is 14. The van der Waals surface area contributed by atoms with Gasteiger partial charge in [0.15, 0.2) is 0 Å². The summed E-state index contributed by atoms with van der Waals surface area (Å²) >= 11 is 11.6. The topological polar surface area (TPSA) is 234 Å². The predicted molar refractivity (Wildman–Crippen MR) is 272 cm³/mol. The number of nitrogen functional groups attached to an aromatic ring is 1. The molecule has 4 aromatic carbocycles. The number of amides is 2. The summed E-state index contributed by atoms with van der Waals surface area (Å²) in [6, 6.07) is 29.6. The summed E-state index contributed by atoms with van der Waals surface area (Å²) in [6.45, 7) is 18.6. The van der Waals surface area contributed by atoms with Crippen LogP contribution < -0.4 is 50.1 Å². The maximum atomic E-state index is 12.1. The van der Waals surface area contributed by atoms with E-state index in [9.17, 15) is 19.2 Å². The summed E-state index contributed by atoms with van der Waals surface area (Å²) in [7, 11) is 4.92. The molecule has 4 aromatic rings. The van der Waals surface area contributed by atoms with E-state index in [1.165, 1.54) is 27.1 Å². The summed E-state index contributed by atoms with van der Waals surface area (Å²) in [4.78, 5) is 55.5. The monoisotopic (exact) mass is 1040 g/mol. The van der Waals surface area contributed by atoms with Crippen molar-refractivity contribution in [3.8, 4) is 23.0 Å². The van der Waals surface area contributed by atoms with Gasteiger partial charge in [-0.3, -0.25) is 15.9 Å². The van der Waals surface area contributed by atoms with Gasteiger partial charge in [0.25, 0.3) is 0 Å². The Hall–Kier alpha value is -5.21. The average molecular weight is 1040 g/mol. The van der Waals surface area contributed by atoms with E-state index in [2.05, 4.69) is 17.8 Å². The number of benzene rings is 4. The Bertz CT molecular complexity index is 2090. The molecule has 0 saturated carbocycles. The molecule has 2 aliphatic heterocycles. The molecule has 2 aliphatic rings. The van der Waals surface area contributed by atoms with Crippen LogP contribution in [0, 0.1) is 5.92 Å². The molecule has 0 aliphatic carbocycles. The zero-order chi connectivity index (χ0) is 52.2. The molecule has 2 saturated heterocycles. The number of likely N-dealkylation sites (tertiary alicyclic amines) is 2. The Morgan fingerprint density at radius 1 is 0.676 bits per heavy atom. The molecule has 2 heterocycles. The minimum atomic E-state index is -0.562. The fourth-order valence-corrected chi connectivity index (χ4v) is 6.08. The van der Waals surface area contributed by atoms with E-state index < -0.39 is 23.1 Å². The van der Waals surface area contributed by atoms with Gasteiger partial charge >= 0.3 is 66.1 Å². The summed E-state index contributed by atoms with van der Waals surface area (Å²) in [5.41, 5.74) is 6.45. The second-order valence-corrected chi connectivity index (χ2v) is 17.9. The van der Waals surface area contributed by atoms with Crippen LogP contribution in [0.3, 0.4) is 0 Å². The number of hydrogen-bond donors (Lipinski definition) is 2. The molecule has 6 rings (SSSR count). The van der Waals surface area contributed by atoms with Gasteiger partial charge in [-0.2, -0.15) is 6.92 Å². The first kappa shape index (κ1) is 67.9. The number of anilines is 2. The first-order valence-corrected chi connectivity index (χ1v) is 22.5. The first-order valence-electron chi connectivity index (χ1n) is 21.8. The van der Waals surface area contributed by atoms with Gasteiger partial charge in [0.1, 0.15) is 34.2 Å². The summed E-state index contributed by atoms with van der Waals surface area (Å²) in [5.74, 6) is 2.32. The molecule has 2 amide bonds. The van der Waals surface area contributed by atoms with Crippen molar-refractivity contribution in [2.24, 2.45) is 5.92 Å². The minimum Gasteiger partial charge on any atom is 1.00 e. The molecule has 0 spiro atoms. The van der Waals surface area contributed by atoms with E-state index >= 15 is 0 Å². The largest absolute Gasteiger partial charge is 1.00 e. The fraction of sp³-hybridized carbons (Fsp3) is 0.420. The van der Waals surface area contributed by atoms with Crippen molar-refractivity contribution >= 4 is 72.7 Å². The van der Waals surface area contributed by atoms with Crippen molar-refractivity contribution in [1.82, 2.24) is 9.80 Å². The Labute approximate surface area is 451 Å². The van der Waals surface area contributed by atoms with Gasteiger partial charge in [0.05, 0.1) is 12.6 Å². The molecule has 2 atom stereocenters. The van der Waals surface area contributed by atoms with Crippen molar-refractivity contribution < 1.29 is 92.1 Å². The maximum Gasteiger partial charge on any atom is 1.00 e. The summed E-state index contributed by atoms with van der Waals surface area (Å²) < 4.78 is 39.0. The number of nitrogens with one attached hydrogen (secondary N) is 1. The molecule has 383 valence electrons. The minimum absolute atomic E-state index is 0. The molecule has 2 fully saturated rings. The molecular formula is C50H67BCl2N4NaO13. The van der Waals surface area contributed by atoms with Crippen LogP contribution in [0.2, 0.25) is 10.0 Å². The summed E-state index contributed by atoms with van der Waals surface area (Å²) in [6.07, 6.45) is 3.08. The molecule has 1 radical (unpaired) electrons. The van der Waals surface area contributed by atoms with E-state index in [4.69, 9.17) is 62.1 Å². The number of methoxy groups -OCH3 is 1. The number of ether oxygens (including phenoxy) is 6. The molecule has 21 heteroatoms. The zero-order valence-electron chi connectivity index (χ0n) is 42.5. The molecule has 0 aromatic heterocycles. The number of nitrogens with two attached hydrogens (primary N) is 1. The van der Waals surface area contributed by atoms with Gasteiger partial charge in [-0.1, -0.05) is 23.2 Å². The van der Waals surface area contributed by atoms with Gasteiger partial charge in [0.2, 0.25) is 0 Å². The van der Waals surface area contributed by atoms with Crippen LogP contribution in [0.4, 0.5) is 21.0 Å². The smallest absolute Gasteiger partial charge is 1.00 e. The molecule has 17 nitrogen and oxygen atoms in total. The van der Waals surface area contributed by atoms with Gasteiger partial charge in [-0.25, -0.2) is 9.59 Å². The van der Waals surface area contributed by atoms with Gasteiger partial charge in [0, 0.05) is 68.6 Å². The average Bonchev–Trinajstić information content (AvgIpc) is 3.97. The van der Waals surface area contributed by atoms with E-state index in [1.54, 1.807) is 53.3 Å². The number of nitrogens with zero attached hydrogens (tertiary/aromatic N) is 2. The maximum absolute atomic E-state index is 12.1. The van der Waals surface area contributed by atoms with Crippen LogP contribution in [0.1, 0.15) is 75.2 Å². The Morgan fingerprint density at radius 2 is 1.03 bits per heavy atom. The number of carbonyl (C=O) groups is 4. The molecule has 5 N–H and O–H groups in total. The van der Waals surface area contributed by atoms with Crippen LogP contribution in [0.25, 0.3) is 0 Å². The molecule has 0 bridgehead atoms. The van der Waals surface area contributed by atoms with E-state index in [-0.39, 0.29) is 53.3 Å². The van der Waals surface area contributed by atoms with Crippen LogP contribution in [0.5, 0.6) is 23.0 Å². The van der Waals surface area contributed by atoms with Crippen molar-refractivity contribution in [2.45, 2.75) is 92.5 Å². The number of halogens is 2. The normalized spacial score (nSPS) is 14.1. The van der Waals surface area contributed by atoms with Gasteiger partial charge < -0.3 is 59.5 Å². The molecular weight excluding hydrogens is 969 g/mol. The third-order valence-electron chi connectivity index (χ3n) is 8.78. The first-order chi connectivity index (χ1) is 32.5. The number of carbonyl (C=O) groups excluding carboxylic acids is 5. The fourth-order valence-electron chi connectivity index (χ4n) is 5.82. The number of rotatable bonds is 8. The van der Waals surface area contributed by atoms with Crippen molar-refractivity contribution in [1.29, 1.82) is 0 Å². The van der Waals surface area contributed by atoms with Crippen molar-refractivity contribution in [2.75, 3.05) is 50.9 Å². The Morgan fingerprint density at radius 3 is 1.37 bits per heavy atom. The second kappa shape index (κ2) is 35.8. The van der Waals surface area contributed by atoms with E-state index in [0.29, 0.717) is 22.5 Å². The second-order valence-electron chi connectivity index (χ2n) is 17.0. The van der Waals surface area contributed by atoms with Crippen molar-refractivity contribution in [3.63, 3.8) is 0 Å².